The second-order valence-corrected chi connectivity index (χ2v) is 7.77. The fourth-order valence-corrected chi connectivity index (χ4v) is 4.17. The highest BCUT2D eigenvalue weighted by atomic mass is 127. The highest BCUT2D eigenvalue weighted by Crippen LogP contribution is 2.26. The first kappa shape index (κ1) is 24.3. The predicted octanol–water partition coefficient (Wildman–Crippen LogP) is 3.54. The Kier molecular flexibility index (Phi) is 9.15. The quantitative estimate of drug-likeness (QED) is 0.357. The van der Waals surface area contributed by atoms with Crippen LogP contribution < -0.4 is 10.2 Å². The number of rotatable bonds is 4. The lowest BCUT2D eigenvalue weighted by Crippen LogP contribution is -2.53. The first-order chi connectivity index (χ1) is 13.4. The van der Waals surface area contributed by atoms with E-state index in [1.807, 2.05) is 24.3 Å². The molecule has 2 aliphatic rings. The third kappa shape index (κ3) is 7.06. The number of hydrogen-bond acceptors (Lipinski definition) is 3. The molecule has 10 heteroatoms. The predicted molar refractivity (Wildman–Crippen MR) is 123 cm³/mol. The number of piperazine rings is 1. The van der Waals surface area contributed by atoms with Gasteiger partial charge in [-0.25, -0.2) is 0 Å². The molecular weight excluding hydrogens is 518 g/mol. The van der Waals surface area contributed by atoms with Crippen molar-refractivity contribution in [3.8, 4) is 0 Å². The third-order valence-electron chi connectivity index (χ3n) is 5.31. The molecule has 0 saturated carbocycles. The summed E-state index contributed by atoms with van der Waals surface area (Å²) in [6.45, 7) is 4.12. The molecule has 1 N–H and O–H groups in total. The first-order valence-electron chi connectivity index (χ1n) is 9.60. The second-order valence-electron chi connectivity index (χ2n) is 7.36. The van der Waals surface area contributed by atoms with Crippen LogP contribution in [-0.2, 0) is 0 Å². The van der Waals surface area contributed by atoms with Crippen LogP contribution >= 0.6 is 35.6 Å². The summed E-state index contributed by atoms with van der Waals surface area (Å²) in [4.78, 5) is 10.3. The minimum absolute atomic E-state index is 0. The highest BCUT2D eigenvalue weighted by Gasteiger charge is 2.34. The van der Waals surface area contributed by atoms with E-state index >= 15 is 0 Å². The molecule has 0 spiro atoms. The van der Waals surface area contributed by atoms with Crippen molar-refractivity contribution in [1.82, 2.24) is 15.1 Å². The number of nitrogens with zero attached hydrogens (tertiary/aromatic N) is 4. The van der Waals surface area contributed by atoms with E-state index in [1.54, 1.807) is 7.05 Å². The summed E-state index contributed by atoms with van der Waals surface area (Å²) < 4.78 is 37.6. The lowest BCUT2D eigenvalue weighted by molar-refractivity contribution is -0.143. The van der Waals surface area contributed by atoms with Crippen LogP contribution in [0.4, 0.5) is 18.9 Å². The van der Waals surface area contributed by atoms with Gasteiger partial charge in [0.2, 0.25) is 0 Å². The molecule has 29 heavy (non-hydrogen) atoms. The molecule has 0 amide bonds. The van der Waals surface area contributed by atoms with Crippen LogP contribution in [0.25, 0.3) is 0 Å². The van der Waals surface area contributed by atoms with Crippen LogP contribution in [0.3, 0.4) is 0 Å². The van der Waals surface area contributed by atoms with E-state index in [4.69, 9.17) is 11.6 Å². The third-order valence-corrected chi connectivity index (χ3v) is 5.63. The zero-order valence-electron chi connectivity index (χ0n) is 16.5. The number of aliphatic imine (C=N–C) groups is 1. The topological polar surface area (TPSA) is 34.1 Å². The number of benzene rings is 1. The number of hydrogen-bond donors (Lipinski definition) is 1. The molecule has 1 aromatic carbocycles. The normalized spacial score (nSPS) is 21.3. The van der Waals surface area contributed by atoms with Crippen LogP contribution in [-0.4, -0.2) is 81.3 Å². The average molecular weight is 546 g/mol. The summed E-state index contributed by atoms with van der Waals surface area (Å²) in [6.07, 6.45) is -3.35. The summed E-state index contributed by atoms with van der Waals surface area (Å²) >= 11 is 6.29. The van der Waals surface area contributed by atoms with Crippen molar-refractivity contribution in [2.75, 3.05) is 64.3 Å². The van der Waals surface area contributed by atoms with Gasteiger partial charge >= 0.3 is 6.18 Å². The smallest absolute Gasteiger partial charge is 0.367 e. The largest absolute Gasteiger partial charge is 0.401 e. The van der Waals surface area contributed by atoms with Gasteiger partial charge in [-0.2, -0.15) is 13.2 Å². The Morgan fingerprint density at radius 3 is 2.48 bits per heavy atom. The molecule has 0 aliphatic carbocycles. The van der Waals surface area contributed by atoms with Gasteiger partial charge in [-0.15, -0.1) is 24.0 Å². The monoisotopic (exact) mass is 545 g/mol. The molecule has 0 bridgehead atoms. The zero-order valence-corrected chi connectivity index (χ0v) is 19.5. The van der Waals surface area contributed by atoms with Gasteiger partial charge in [-0.05, 0) is 31.0 Å². The molecule has 1 aromatic rings. The highest BCUT2D eigenvalue weighted by molar-refractivity contribution is 14.0. The van der Waals surface area contributed by atoms with Crippen molar-refractivity contribution >= 4 is 47.2 Å². The lowest BCUT2D eigenvalue weighted by atomic mass is 10.1. The molecule has 5 nitrogen and oxygen atoms in total. The van der Waals surface area contributed by atoms with Crippen molar-refractivity contribution in [2.45, 2.75) is 12.6 Å². The maximum absolute atomic E-state index is 12.5. The number of nitrogens with one attached hydrogen (secondary N) is 1. The zero-order chi connectivity index (χ0) is 20.1. The number of halogens is 5. The minimum Gasteiger partial charge on any atom is -0.367 e. The van der Waals surface area contributed by atoms with Gasteiger partial charge in [0, 0.05) is 46.3 Å². The second kappa shape index (κ2) is 10.9. The molecule has 0 radical (unpaired) electrons. The van der Waals surface area contributed by atoms with Crippen LogP contribution in [0.2, 0.25) is 5.02 Å². The number of anilines is 1. The SMILES string of the molecule is CN=C(NCC1CCN(CC(F)(F)F)C1)N1CCN(c2ccccc2Cl)CC1.I. The number of likely N-dealkylation sites (tertiary alicyclic amines) is 1. The lowest BCUT2D eigenvalue weighted by Gasteiger charge is -2.38. The molecule has 1 unspecified atom stereocenters. The van der Waals surface area contributed by atoms with Crippen molar-refractivity contribution in [1.29, 1.82) is 0 Å². The number of para-hydroxylation sites is 1. The molecular formula is C19H28ClF3IN5. The van der Waals surface area contributed by atoms with E-state index in [0.29, 0.717) is 19.6 Å². The summed E-state index contributed by atoms with van der Waals surface area (Å²) in [6, 6.07) is 7.83. The molecule has 2 aliphatic heterocycles. The maximum atomic E-state index is 12.5. The van der Waals surface area contributed by atoms with Gasteiger partial charge in [0.15, 0.2) is 5.96 Å². The van der Waals surface area contributed by atoms with Crippen molar-refractivity contribution in [2.24, 2.45) is 10.9 Å². The number of alkyl halides is 3. The summed E-state index contributed by atoms with van der Waals surface area (Å²) in [5, 5.41) is 4.11. The Balaban J connectivity index is 0.00000300. The Hall–Kier alpha value is -0.940. The van der Waals surface area contributed by atoms with Crippen LogP contribution in [0.5, 0.6) is 0 Å². The van der Waals surface area contributed by atoms with Gasteiger partial charge in [-0.3, -0.25) is 9.89 Å². The molecule has 0 aromatic heterocycles. The molecule has 2 heterocycles. The fraction of sp³-hybridized carbons (Fsp3) is 0.632. The van der Waals surface area contributed by atoms with Gasteiger partial charge < -0.3 is 15.1 Å². The minimum atomic E-state index is -4.13. The van der Waals surface area contributed by atoms with E-state index in [9.17, 15) is 13.2 Å². The number of guanidine groups is 1. The summed E-state index contributed by atoms with van der Waals surface area (Å²) in [5.41, 5.74) is 1.04. The van der Waals surface area contributed by atoms with Crippen LogP contribution in [0.1, 0.15) is 6.42 Å². The van der Waals surface area contributed by atoms with E-state index in [1.165, 1.54) is 4.90 Å². The Morgan fingerprint density at radius 1 is 1.17 bits per heavy atom. The van der Waals surface area contributed by atoms with E-state index in [2.05, 4.69) is 20.1 Å². The van der Waals surface area contributed by atoms with Gasteiger partial charge in [-0.1, -0.05) is 23.7 Å². The Bertz CT molecular complexity index is 680. The summed E-state index contributed by atoms with van der Waals surface area (Å²) in [7, 11) is 1.74. The van der Waals surface area contributed by atoms with Crippen LogP contribution in [0, 0.1) is 5.92 Å². The Morgan fingerprint density at radius 2 is 1.86 bits per heavy atom. The van der Waals surface area contributed by atoms with Gasteiger partial charge in [0.25, 0.3) is 0 Å². The summed E-state index contributed by atoms with van der Waals surface area (Å²) in [5.74, 6) is 1.02. The molecule has 3 rings (SSSR count). The molecule has 2 fully saturated rings. The average Bonchev–Trinajstić information content (AvgIpc) is 3.09. The standard InChI is InChI=1S/C19H27ClF3N5.HI/c1-24-18(25-12-15-6-7-26(13-15)14-19(21,22)23)28-10-8-27(9-11-28)17-5-3-2-4-16(17)20;/h2-5,15H,6-14H2,1H3,(H,24,25);1H. The maximum Gasteiger partial charge on any atom is 0.401 e. The van der Waals surface area contributed by atoms with Gasteiger partial charge in [0.05, 0.1) is 17.3 Å². The molecule has 164 valence electrons. The van der Waals surface area contributed by atoms with Crippen molar-refractivity contribution < 1.29 is 13.2 Å². The van der Waals surface area contributed by atoms with E-state index < -0.39 is 12.7 Å². The van der Waals surface area contributed by atoms with Crippen LogP contribution in [0.15, 0.2) is 29.3 Å². The molecule has 1 atom stereocenters. The van der Waals surface area contributed by atoms with Crippen molar-refractivity contribution in [3.63, 3.8) is 0 Å². The van der Waals surface area contributed by atoms with E-state index in [-0.39, 0.29) is 29.9 Å². The molecule has 2 saturated heterocycles. The van der Waals surface area contributed by atoms with Gasteiger partial charge in [0.1, 0.15) is 0 Å². The first-order valence-corrected chi connectivity index (χ1v) is 9.97. The Labute approximate surface area is 192 Å². The fourth-order valence-electron chi connectivity index (χ4n) is 3.91. The van der Waals surface area contributed by atoms with Crippen molar-refractivity contribution in [3.05, 3.63) is 29.3 Å². The van der Waals surface area contributed by atoms with E-state index in [0.717, 1.165) is 49.3 Å².